The molecule has 5 aromatic heterocycles. The molecule has 0 aliphatic carbocycles. The van der Waals surface area contributed by atoms with Crippen molar-refractivity contribution in [3.8, 4) is 28.2 Å². The van der Waals surface area contributed by atoms with Crippen molar-refractivity contribution in [3.05, 3.63) is 121 Å². The normalized spacial score (nSPS) is 11.2. The molecule has 9 heteroatoms. The summed E-state index contributed by atoms with van der Waals surface area (Å²) < 4.78 is 1.96. The number of pyridine rings is 4. The Morgan fingerprint density at radius 2 is 1.70 bits per heavy atom. The maximum Gasteiger partial charge on any atom is 0.228 e. The Morgan fingerprint density at radius 3 is 2.51 bits per heavy atom. The number of hydrogen-bond acceptors (Lipinski definition) is 7. The molecule has 0 atom stereocenters. The molecule has 7 aromatic rings. The van der Waals surface area contributed by atoms with Crippen LogP contribution in [0.15, 0.2) is 110 Å². The van der Waals surface area contributed by atoms with Gasteiger partial charge in [0.1, 0.15) is 11.3 Å². The fraction of sp³-hybridized carbons (Fsp3) is 0.0588. The number of nitrogens with zero attached hydrogens (tertiary/aromatic N) is 6. The molecule has 0 radical (unpaired) electrons. The molecule has 0 bridgehead atoms. The zero-order valence-corrected chi connectivity index (χ0v) is 23.3. The third-order valence-electron chi connectivity index (χ3n) is 7.24. The molecule has 43 heavy (non-hydrogen) atoms. The highest BCUT2D eigenvalue weighted by Gasteiger charge is 2.19. The highest BCUT2D eigenvalue weighted by Crippen LogP contribution is 2.32. The summed E-state index contributed by atoms with van der Waals surface area (Å²) in [7, 11) is 0. The fourth-order valence-electron chi connectivity index (χ4n) is 5.15. The molecule has 0 spiro atoms. The average molecular weight is 563 g/mol. The van der Waals surface area contributed by atoms with Crippen molar-refractivity contribution in [2.24, 2.45) is 0 Å². The van der Waals surface area contributed by atoms with Crippen molar-refractivity contribution in [2.75, 3.05) is 11.1 Å². The van der Waals surface area contributed by atoms with Crippen molar-refractivity contribution >= 4 is 39.5 Å². The Kier molecular flexibility index (Phi) is 6.52. The van der Waals surface area contributed by atoms with Crippen molar-refractivity contribution in [1.29, 1.82) is 0 Å². The zero-order valence-electron chi connectivity index (χ0n) is 23.3. The number of nitrogens with one attached hydrogen (secondary N) is 1. The fourth-order valence-corrected chi connectivity index (χ4v) is 5.15. The summed E-state index contributed by atoms with van der Waals surface area (Å²) in [6.07, 6.45) is 7.23. The summed E-state index contributed by atoms with van der Waals surface area (Å²) >= 11 is 0. The van der Waals surface area contributed by atoms with Crippen LogP contribution in [0, 0.1) is 6.92 Å². The first-order valence-electron chi connectivity index (χ1n) is 13.8. The van der Waals surface area contributed by atoms with Crippen LogP contribution in [-0.2, 0) is 11.2 Å². The van der Waals surface area contributed by atoms with Gasteiger partial charge in [-0.25, -0.2) is 15.0 Å². The molecule has 0 saturated heterocycles. The highest BCUT2D eigenvalue weighted by molar-refractivity contribution is 5.95. The molecule has 0 fully saturated rings. The van der Waals surface area contributed by atoms with E-state index in [1.165, 1.54) is 0 Å². The molecule has 0 aliphatic heterocycles. The van der Waals surface area contributed by atoms with Crippen LogP contribution in [0.3, 0.4) is 0 Å². The van der Waals surface area contributed by atoms with Crippen molar-refractivity contribution in [1.82, 2.24) is 29.5 Å². The lowest BCUT2D eigenvalue weighted by Gasteiger charge is -2.11. The summed E-state index contributed by atoms with van der Waals surface area (Å²) in [5, 5.41) is 3.98. The van der Waals surface area contributed by atoms with Crippen LogP contribution in [0.1, 0.15) is 11.3 Å². The van der Waals surface area contributed by atoms with Crippen LogP contribution in [0.25, 0.3) is 50.3 Å². The molecule has 3 N–H and O–H groups in total. The zero-order chi connectivity index (χ0) is 29.3. The van der Waals surface area contributed by atoms with E-state index in [9.17, 15) is 4.79 Å². The molecule has 0 aliphatic rings. The van der Waals surface area contributed by atoms with Crippen molar-refractivity contribution < 1.29 is 4.79 Å². The molecule has 2 aromatic carbocycles. The van der Waals surface area contributed by atoms with Crippen LogP contribution in [-0.4, -0.2) is 35.4 Å². The van der Waals surface area contributed by atoms with Crippen LogP contribution < -0.4 is 11.1 Å². The van der Waals surface area contributed by atoms with Gasteiger partial charge in [0.05, 0.1) is 17.5 Å². The van der Waals surface area contributed by atoms with E-state index in [1.54, 1.807) is 18.6 Å². The minimum Gasteiger partial charge on any atom is -0.383 e. The second kappa shape index (κ2) is 10.8. The second-order valence-corrected chi connectivity index (χ2v) is 10.3. The van der Waals surface area contributed by atoms with Gasteiger partial charge in [0.15, 0.2) is 11.5 Å². The van der Waals surface area contributed by atoms with E-state index in [4.69, 9.17) is 15.7 Å². The number of amides is 1. The van der Waals surface area contributed by atoms with Gasteiger partial charge in [0.2, 0.25) is 5.91 Å². The lowest BCUT2D eigenvalue weighted by molar-refractivity contribution is -0.115. The van der Waals surface area contributed by atoms with Crippen molar-refractivity contribution in [3.63, 3.8) is 0 Å². The molecule has 7 rings (SSSR count). The molecule has 0 saturated carbocycles. The topological polar surface area (TPSA) is 124 Å². The van der Waals surface area contributed by atoms with Crippen LogP contribution in [0.5, 0.6) is 0 Å². The Hall–Kier alpha value is -5.96. The molecule has 1 amide bonds. The van der Waals surface area contributed by atoms with E-state index in [0.717, 1.165) is 44.7 Å². The van der Waals surface area contributed by atoms with Crippen LogP contribution in [0.2, 0.25) is 0 Å². The first-order valence-corrected chi connectivity index (χ1v) is 13.8. The second-order valence-electron chi connectivity index (χ2n) is 10.3. The lowest BCUT2D eigenvalue weighted by Crippen LogP contribution is -2.14. The van der Waals surface area contributed by atoms with Gasteiger partial charge in [-0.15, -0.1) is 0 Å². The summed E-state index contributed by atoms with van der Waals surface area (Å²) in [5.74, 6) is 0.899. The predicted molar refractivity (Wildman–Crippen MR) is 169 cm³/mol. The van der Waals surface area contributed by atoms with E-state index in [1.807, 2.05) is 103 Å². The number of rotatable bonds is 6. The third-order valence-corrected chi connectivity index (χ3v) is 7.24. The maximum absolute atomic E-state index is 12.9. The number of fused-ring (bicyclic) bond motifs is 2. The molecule has 5 heterocycles. The summed E-state index contributed by atoms with van der Waals surface area (Å²) in [5.41, 5.74) is 14.5. The van der Waals surface area contributed by atoms with Gasteiger partial charge in [0, 0.05) is 58.4 Å². The number of carbonyl (C=O) groups excluding carboxylic acids is 1. The summed E-state index contributed by atoms with van der Waals surface area (Å²) in [6, 6.07) is 27.1. The number of hydrogen-bond donors (Lipinski definition) is 2. The molecular weight excluding hydrogens is 536 g/mol. The van der Waals surface area contributed by atoms with E-state index in [2.05, 4.69) is 20.3 Å². The Bertz CT molecular complexity index is 2120. The molecule has 0 unspecified atom stereocenters. The van der Waals surface area contributed by atoms with Gasteiger partial charge in [-0.05, 0) is 73.2 Å². The minimum atomic E-state index is -0.103. The quantitative estimate of drug-likeness (QED) is 0.249. The van der Waals surface area contributed by atoms with Gasteiger partial charge >= 0.3 is 0 Å². The Labute approximate surface area is 247 Å². The monoisotopic (exact) mass is 562 g/mol. The van der Waals surface area contributed by atoms with E-state index in [0.29, 0.717) is 28.4 Å². The standard InChI is InChI=1S/C34H26N8O/c1-21-6-9-23-17-26(10-13-29(23)39-21)40-31(43)16-22-7-11-27(12-8-22)42-33(28-5-3-15-37-32(28)35)41-30-18-25(20-38-34(30)42)24-4-2-14-36-19-24/h2-15,17-20H,16H2,1H3,(H2,35,37)(H,40,43). The van der Waals surface area contributed by atoms with Gasteiger partial charge in [0.25, 0.3) is 0 Å². The Morgan fingerprint density at radius 1 is 0.837 bits per heavy atom. The summed E-state index contributed by atoms with van der Waals surface area (Å²) in [6.45, 7) is 1.96. The maximum atomic E-state index is 12.9. The number of nitrogen functional groups attached to an aromatic ring is 1. The number of aryl methyl sites for hydroxylation is 1. The van der Waals surface area contributed by atoms with Gasteiger partial charge in [-0.3, -0.25) is 19.3 Å². The smallest absolute Gasteiger partial charge is 0.228 e. The van der Waals surface area contributed by atoms with E-state index in [-0.39, 0.29) is 12.3 Å². The van der Waals surface area contributed by atoms with Crippen LogP contribution in [0.4, 0.5) is 11.5 Å². The van der Waals surface area contributed by atoms with Gasteiger partial charge in [-0.1, -0.05) is 24.3 Å². The SMILES string of the molecule is Cc1ccc2cc(NC(=O)Cc3ccc(-n4c(-c5cccnc5N)nc5cc(-c6cccnc6)cnc54)cc3)ccc2n1. The number of benzene rings is 2. The highest BCUT2D eigenvalue weighted by atomic mass is 16.1. The molecular formula is C34H26N8O. The third kappa shape index (κ3) is 5.15. The van der Waals surface area contributed by atoms with Gasteiger partial charge in [-0.2, -0.15) is 0 Å². The first kappa shape index (κ1) is 26.0. The van der Waals surface area contributed by atoms with Gasteiger partial charge < -0.3 is 11.1 Å². The predicted octanol–water partition coefficient (Wildman–Crippen LogP) is 6.16. The Balaban J connectivity index is 1.19. The first-order chi connectivity index (χ1) is 21.0. The average Bonchev–Trinajstić information content (AvgIpc) is 3.40. The minimum absolute atomic E-state index is 0.103. The molecule has 208 valence electrons. The van der Waals surface area contributed by atoms with Crippen molar-refractivity contribution in [2.45, 2.75) is 13.3 Å². The lowest BCUT2D eigenvalue weighted by atomic mass is 10.1. The largest absolute Gasteiger partial charge is 0.383 e. The number of imidazole rings is 1. The number of nitrogens with two attached hydrogens (primary N) is 1. The van der Waals surface area contributed by atoms with E-state index >= 15 is 0 Å². The van der Waals surface area contributed by atoms with E-state index < -0.39 is 0 Å². The number of carbonyl (C=O) groups is 1. The molecule has 9 nitrogen and oxygen atoms in total. The number of anilines is 2. The summed E-state index contributed by atoms with van der Waals surface area (Å²) in [4.78, 5) is 35.7. The number of aromatic nitrogens is 6. The van der Waals surface area contributed by atoms with Crippen LogP contribution >= 0.6 is 0 Å².